The molecule has 1 aliphatic heterocycles. The van der Waals surface area contributed by atoms with Crippen molar-refractivity contribution in [3.05, 3.63) is 12.2 Å². The zero-order valence-electron chi connectivity index (χ0n) is 8.62. The van der Waals surface area contributed by atoms with E-state index >= 15 is 0 Å². The molecule has 1 heterocycles. The molecule has 0 aromatic heterocycles. The van der Waals surface area contributed by atoms with E-state index in [0.29, 0.717) is 0 Å². The second kappa shape index (κ2) is 2.83. The fraction of sp³-hybridized carbons (Fsp3) is 0.800. The van der Waals surface area contributed by atoms with Crippen LogP contribution in [0.2, 0.25) is 0 Å². The average molecular weight is 216 g/mol. The molecule has 0 amide bonds. The topological polar surface area (TPSA) is 43.4 Å². The molecule has 2 fully saturated rings. The largest absolute Gasteiger partial charge is 0.271 e. The highest BCUT2D eigenvalue weighted by atomic mass is 32.2. The molecule has 0 spiro atoms. The summed E-state index contributed by atoms with van der Waals surface area (Å²) in [5.74, 6) is 0.248. The van der Waals surface area contributed by atoms with Crippen LogP contribution in [0.5, 0.6) is 0 Å². The van der Waals surface area contributed by atoms with Crippen LogP contribution in [0.1, 0.15) is 26.7 Å². The molecule has 3 nitrogen and oxygen atoms in total. The first-order valence-corrected chi connectivity index (χ1v) is 6.45. The molecule has 80 valence electrons. The van der Waals surface area contributed by atoms with Gasteiger partial charge in [-0.05, 0) is 18.3 Å². The van der Waals surface area contributed by atoms with Gasteiger partial charge < -0.3 is 0 Å². The monoisotopic (exact) mass is 216 g/mol. The van der Waals surface area contributed by atoms with Crippen molar-refractivity contribution in [3.63, 3.8) is 0 Å². The third-order valence-corrected chi connectivity index (χ3v) is 4.40. The van der Waals surface area contributed by atoms with Crippen molar-refractivity contribution in [2.24, 2.45) is 11.3 Å². The Kier molecular flexibility index (Phi) is 2.05. The maximum atomic E-state index is 11.3. The van der Waals surface area contributed by atoms with Crippen LogP contribution in [-0.4, -0.2) is 20.3 Å². The van der Waals surface area contributed by atoms with E-state index in [4.69, 9.17) is 4.18 Å². The third-order valence-electron chi connectivity index (χ3n) is 3.13. The molecule has 4 heteroatoms. The molecule has 2 atom stereocenters. The van der Waals surface area contributed by atoms with E-state index in [9.17, 15) is 8.42 Å². The highest BCUT2D eigenvalue weighted by molar-refractivity contribution is 7.87. The van der Waals surface area contributed by atoms with Gasteiger partial charge in [-0.15, -0.1) is 0 Å². The Labute approximate surface area is 85.3 Å². The molecular formula is C10H16O3S. The van der Waals surface area contributed by atoms with E-state index in [1.54, 1.807) is 0 Å². The van der Waals surface area contributed by atoms with Gasteiger partial charge in [-0.2, -0.15) is 8.42 Å². The Hall–Kier alpha value is -0.350. The van der Waals surface area contributed by atoms with Crippen LogP contribution in [0.25, 0.3) is 0 Å². The molecule has 2 rings (SSSR count). The average Bonchev–Trinajstić information content (AvgIpc) is 2.21. The van der Waals surface area contributed by atoms with Gasteiger partial charge in [0.25, 0.3) is 10.1 Å². The molecular weight excluding hydrogens is 200 g/mol. The lowest BCUT2D eigenvalue weighted by molar-refractivity contribution is 0.165. The lowest BCUT2D eigenvalue weighted by Crippen LogP contribution is -2.33. The number of fused-ring (bicyclic) bond motifs is 1. The molecule has 2 aliphatic rings. The van der Waals surface area contributed by atoms with Gasteiger partial charge >= 0.3 is 0 Å². The summed E-state index contributed by atoms with van der Waals surface area (Å²) in [5.41, 5.74) is 1.00. The highest BCUT2D eigenvalue weighted by Crippen LogP contribution is 2.48. The minimum atomic E-state index is -3.34. The minimum Gasteiger partial charge on any atom is -0.266 e. The van der Waals surface area contributed by atoms with Gasteiger partial charge in [0.2, 0.25) is 0 Å². The Morgan fingerprint density at radius 1 is 1.43 bits per heavy atom. The molecule has 0 aromatic carbocycles. The number of hydrogen-bond donors (Lipinski definition) is 0. The van der Waals surface area contributed by atoms with Crippen molar-refractivity contribution in [1.82, 2.24) is 0 Å². The summed E-state index contributed by atoms with van der Waals surface area (Å²) in [5, 5.41) is 0. The van der Waals surface area contributed by atoms with Crippen molar-refractivity contribution in [2.75, 3.05) is 5.75 Å². The van der Waals surface area contributed by atoms with Gasteiger partial charge in [0, 0.05) is 5.92 Å². The predicted octanol–water partition coefficient (Wildman–Crippen LogP) is 1.71. The van der Waals surface area contributed by atoms with Crippen LogP contribution >= 0.6 is 0 Å². The van der Waals surface area contributed by atoms with Gasteiger partial charge in [0.1, 0.15) is 0 Å². The second-order valence-electron chi connectivity index (χ2n) is 5.17. The van der Waals surface area contributed by atoms with Gasteiger partial charge in [-0.3, -0.25) is 4.18 Å². The van der Waals surface area contributed by atoms with E-state index in [1.165, 1.54) is 0 Å². The van der Waals surface area contributed by atoms with Crippen LogP contribution in [-0.2, 0) is 14.3 Å². The smallest absolute Gasteiger partial charge is 0.266 e. The summed E-state index contributed by atoms with van der Waals surface area (Å²) in [4.78, 5) is 0. The maximum absolute atomic E-state index is 11.3. The number of hydrogen-bond acceptors (Lipinski definition) is 3. The van der Waals surface area contributed by atoms with Crippen molar-refractivity contribution in [1.29, 1.82) is 0 Å². The zero-order valence-corrected chi connectivity index (χ0v) is 9.43. The Bertz CT molecular complexity index is 367. The Morgan fingerprint density at radius 3 is 2.71 bits per heavy atom. The van der Waals surface area contributed by atoms with E-state index in [0.717, 1.165) is 18.4 Å². The normalized spacial score (nSPS) is 39.4. The SMILES string of the molecule is C=C1CS(=O)(=O)O[C@H]2CC(C)(C)C[C@H]12. The lowest BCUT2D eigenvalue weighted by Gasteiger charge is -2.26. The lowest BCUT2D eigenvalue weighted by atomic mass is 9.89. The summed E-state index contributed by atoms with van der Waals surface area (Å²) < 4.78 is 27.8. The van der Waals surface area contributed by atoms with Gasteiger partial charge in [0.05, 0.1) is 11.9 Å². The minimum absolute atomic E-state index is 0.00421. The number of rotatable bonds is 0. The van der Waals surface area contributed by atoms with Crippen LogP contribution < -0.4 is 0 Å². The van der Waals surface area contributed by atoms with Crippen LogP contribution in [0.3, 0.4) is 0 Å². The van der Waals surface area contributed by atoms with Crippen LogP contribution in [0.15, 0.2) is 12.2 Å². The first-order valence-electron chi connectivity index (χ1n) is 4.88. The quantitative estimate of drug-likeness (QED) is 0.457. The molecule has 0 N–H and O–H groups in total. The van der Waals surface area contributed by atoms with Crippen molar-refractivity contribution in [2.45, 2.75) is 32.8 Å². The summed E-state index contributed by atoms with van der Waals surface area (Å²) in [6.07, 6.45) is 1.65. The van der Waals surface area contributed by atoms with E-state index < -0.39 is 10.1 Å². The summed E-state index contributed by atoms with van der Waals surface area (Å²) >= 11 is 0. The van der Waals surface area contributed by atoms with Gasteiger partial charge in [-0.1, -0.05) is 26.0 Å². The van der Waals surface area contributed by atoms with Crippen LogP contribution in [0, 0.1) is 11.3 Å². The molecule has 0 radical (unpaired) electrons. The Morgan fingerprint density at radius 2 is 2.07 bits per heavy atom. The van der Waals surface area contributed by atoms with E-state index in [1.807, 2.05) is 0 Å². The molecule has 0 unspecified atom stereocenters. The summed E-state index contributed by atoms with van der Waals surface area (Å²) in [6, 6.07) is 0. The summed E-state index contributed by atoms with van der Waals surface area (Å²) in [6.45, 7) is 8.15. The molecule has 0 bridgehead atoms. The summed E-state index contributed by atoms with van der Waals surface area (Å²) in [7, 11) is -3.34. The molecule has 1 saturated heterocycles. The third kappa shape index (κ3) is 1.73. The zero-order chi connectivity index (χ0) is 10.6. The standard InChI is InChI=1S/C10H16O3S/c1-7-6-14(11,12)13-9-5-10(2,3)4-8(7)9/h8-9H,1,4-6H2,2-3H3/t8-,9+/m1/s1. The predicted molar refractivity (Wildman–Crippen MR) is 54.3 cm³/mol. The fourth-order valence-corrected chi connectivity index (χ4v) is 3.88. The Balaban J connectivity index is 2.27. The van der Waals surface area contributed by atoms with Crippen molar-refractivity contribution < 1.29 is 12.6 Å². The van der Waals surface area contributed by atoms with Crippen molar-refractivity contribution >= 4 is 10.1 Å². The molecule has 1 saturated carbocycles. The van der Waals surface area contributed by atoms with Crippen molar-refractivity contribution in [3.8, 4) is 0 Å². The van der Waals surface area contributed by atoms with Gasteiger partial charge in [0.15, 0.2) is 0 Å². The first-order chi connectivity index (χ1) is 6.29. The molecule has 1 aliphatic carbocycles. The van der Waals surface area contributed by atoms with Gasteiger partial charge in [-0.25, -0.2) is 0 Å². The first kappa shape index (κ1) is 10.2. The van der Waals surface area contributed by atoms with Crippen LogP contribution in [0.4, 0.5) is 0 Å². The highest BCUT2D eigenvalue weighted by Gasteiger charge is 2.46. The van der Waals surface area contributed by atoms with E-state index in [2.05, 4.69) is 20.4 Å². The maximum Gasteiger partial charge on any atom is 0.271 e. The molecule has 14 heavy (non-hydrogen) atoms. The van der Waals surface area contributed by atoms with E-state index in [-0.39, 0.29) is 23.2 Å². The second-order valence-corrected chi connectivity index (χ2v) is 6.77. The fourth-order valence-electron chi connectivity index (χ4n) is 2.56. The molecule has 0 aromatic rings.